The second-order valence-corrected chi connectivity index (χ2v) is 6.94. The lowest BCUT2D eigenvalue weighted by Crippen LogP contribution is -2.25. The number of hydrogen-bond acceptors (Lipinski definition) is 8. The Morgan fingerprint density at radius 3 is 1.76 bits per heavy atom. The first-order valence-corrected chi connectivity index (χ1v) is 9.57. The largest absolute Gasteiger partial charge is 0.308 e. The topological polar surface area (TPSA) is 145 Å². The molecule has 0 aliphatic rings. The minimum atomic E-state index is -0.915. The van der Waals surface area contributed by atoms with Crippen molar-refractivity contribution < 1.29 is 14.8 Å². The smallest absolute Gasteiger partial charge is 0.282 e. The van der Waals surface area contributed by atoms with Gasteiger partial charge in [-0.25, -0.2) is 0 Å². The lowest BCUT2D eigenvalue weighted by atomic mass is 10.1. The number of para-hydroxylation sites is 1. The van der Waals surface area contributed by atoms with E-state index in [2.05, 4.69) is 5.43 Å². The maximum absolute atomic E-state index is 11.7. The highest BCUT2D eigenvalue weighted by Crippen LogP contribution is 2.40. The second kappa shape index (κ2) is 8.59. The van der Waals surface area contributed by atoms with Gasteiger partial charge in [0.15, 0.2) is 0 Å². The first kappa shape index (κ1) is 21.2. The molecule has 0 amide bonds. The predicted molar refractivity (Wildman–Crippen MR) is 123 cm³/mol. The van der Waals surface area contributed by atoms with Gasteiger partial charge in [-0.05, 0) is 35.0 Å². The molecule has 0 aromatic heterocycles. The standard InChI is InChI=1S/C22H15N5O6/c28-25(29)19-13-20(26(30)31)22(21(14-19)27(32)33)23-24(17-8-2-1-3-9-17)18-11-10-15-6-4-5-7-16(15)12-18/h1-14,23H. The summed E-state index contributed by atoms with van der Waals surface area (Å²) in [7, 11) is 0. The Morgan fingerprint density at radius 2 is 1.18 bits per heavy atom. The molecule has 11 heteroatoms. The van der Waals surface area contributed by atoms with Crippen molar-refractivity contribution in [3.05, 3.63) is 115 Å². The van der Waals surface area contributed by atoms with Gasteiger partial charge in [0.1, 0.15) is 0 Å². The normalized spacial score (nSPS) is 10.5. The Labute approximate surface area is 185 Å². The minimum absolute atomic E-state index is 0.479. The molecule has 0 fully saturated rings. The summed E-state index contributed by atoms with van der Waals surface area (Å²) in [6.45, 7) is 0. The van der Waals surface area contributed by atoms with Crippen molar-refractivity contribution in [2.75, 3.05) is 10.4 Å². The fraction of sp³-hybridized carbons (Fsp3) is 0. The average Bonchev–Trinajstić information content (AvgIpc) is 2.82. The van der Waals surface area contributed by atoms with Crippen LogP contribution in [-0.4, -0.2) is 14.8 Å². The Kier molecular flexibility index (Phi) is 5.51. The summed E-state index contributed by atoms with van der Waals surface area (Å²) < 4.78 is 0. The monoisotopic (exact) mass is 445 g/mol. The Bertz CT molecular complexity index is 1360. The number of non-ortho nitro benzene ring substituents is 1. The van der Waals surface area contributed by atoms with Crippen molar-refractivity contribution >= 4 is 44.9 Å². The molecule has 0 radical (unpaired) electrons. The van der Waals surface area contributed by atoms with Crippen molar-refractivity contribution in [3.63, 3.8) is 0 Å². The summed E-state index contributed by atoms with van der Waals surface area (Å²) in [5, 5.41) is 37.9. The van der Waals surface area contributed by atoms with Crippen LogP contribution in [0.4, 0.5) is 34.1 Å². The highest BCUT2D eigenvalue weighted by atomic mass is 16.6. The zero-order chi connectivity index (χ0) is 23.5. The molecule has 0 bridgehead atoms. The molecule has 4 rings (SSSR count). The van der Waals surface area contributed by atoms with Gasteiger partial charge in [-0.15, -0.1) is 0 Å². The maximum Gasteiger partial charge on any atom is 0.308 e. The van der Waals surface area contributed by atoms with Crippen LogP contribution < -0.4 is 10.4 Å². The van der Waals surface area contributed by atoms with Crippen LogP contribution in [0.3, 0.4) is 0 Å². The lowest BCUT2D eigenvalue weighted by molar-refractivity contribution is -0.401. The number of nitrogens with one attached hydrogen (secondary N) is 1. The summed E-state index contributed by atoms with van der Waals surface area (Å²) in [5.41, 5.74) is 1.03. The first-order chi connectivity index (χ1) is 15.8. The Morgan fingerprint density at radius 1 is 0.606 bits per heavy atom. The molecule has 0 aliphatic heterocycles. The highest BCUT2D eigenvalue weighted by Gasteiger charge is 2.32. The highest BCUT2D eigenvalue weighted by molar-refractivity contribution is 5.88. The maximum atomic E-state index is 11.7. The van der Waals surface area contributed by atoms with E-state index >= 15 is 0 Å². The third-order valence-electron chi connectivity index (χ3n) is 4.91. The number of rotatable bonds is 7. The first-order valence-electron chi connectivity index (χ1n) is 9.57. The summed E-state index contributed by atoms with van der Waals surface area (Å²) >= 11 is 0. The van der Waals surface area contributed by atoms with Gasteiger partial charge in [-0.1, -0.05) is 48.5 Å². The van der Waals surface area contributed by atoms with E-state index in [1.54, 1.807) is 36.4 Å². The van der Waals surface area contributed by atoms with E-state index in [0.29, 0.717) is 23.5 Å². The van der Waals surface area contributed by atoms with Crippen LogP contribution in [0.1, 0.15) is 0 Å². The molecule has 0 heterocycles. The number of nitro benzene ring substituents is 3. The van der Waals surface area contributed by atoms with E-state index in [-0.39, 0.29) is 0 Å². The SMILES string of the molecule is O=[N+]([O-])c1cc([N+](=O)[O-])c(NN(c2ccccc2)c2ccc3ccccc3c2)c([N+](=O)[O-])c1. The van der Waals surface area contributed by atoms with Crippen molar-refractivity contribution in [1.82, 2.24) is 0 Å². The zero-order valence-corrected chi connectivity index (χ0v) is 16.8. The van der Waals surface area contributed by atoms with Gasteiger partial charge < -0.3 is 0 Å². The van der Waals surface area contributed by atoms with Gasteiger partial charge in [0, 0.05) is 0 Å². The van der Waals surface area contributed by atoms with Gasteiger partial charge >= 0.3 is 11.4 Å². The van der Waals surface area contributed by atoms with Crippen LogP contribution in [-0.2, 0) is 0 Å². The molecule has 0 saturated carbocycles. The van der Waals surface area contributed by atoms with Crippen molar-refractivity contribution in [2.24, 2.45) is 0 Å². The molecular weight excluding hydrogens is 430 g/mol. The van der Waals surface area contributed by atoms with Gasteiger partial charge in [-0.3, -0.25) is 40.8 Å². The van der Waals surface area contributed by atoms with Crippen LogP contribution in [0.15, 0.2) is 84.9 Å². The molecule has 164 valence electrons. The summed E-state index contributed by atoms with van der Waals surface area (Å²) in [5.74, 6) is 0. The molecule has 0 saturated heterocycles. The molecular formula is C22H15N5O6. The van der Waals surface area contributed by atoms with Crippen LogP contribution in [0.5, 0.6) is 0 Å². The van der Waals surface area contributed by atoms with Gasteiger partial charge in [0.05, 0.1) is 38.3 Å². The van der Waals surface area contributed by atoms with Gasteiger partial charge in [0.25, 0.3) is 5.69 Å². The molecule has 0 aliphatic carbocycles. The fourth-order valence-electron chi connectivity index (χ4n) is 3.39. The third kappa shape index (κ3) is 4.23. The van der Waals surface area contributed by atoms with Crippen LogP contribution >= 0.6 is 0 Å². The zero-order valence-electron chi connectivity index (χ0n) is 16.8. The van der Waals surface area contributed by atoms with Crippen molar-refractivity contribution in [1.29, 1.82) is 0 Å². The molecule has 0 spiro atoms. The van der Waals surface area contributed by atoms with Crippen LogP contribution in [0.25, 0.3) is 10.8 Å². The Hall–Kier alpha value is -5.06. The van der Waals surface area contributed by atoms with E-state index in [4.69, 9.17) is 0 Å². The predicted octanol–water partition coefficient (Wildman–Crippen LogP) is 5.73. The van der Waals surface area contributed by atoms with Gasteiger partial charge in [-0.2, -0.15) is 0 Å². The number of fused-ring (bicyclic) bond motifs is 1. The molecule has 33 heavy (non-hydrogen) atoms. The molecule has 4 aromatic carbocycles. The summed E-state index contributed by atoms with van der Waals surface area (Å²) in [6, 6.07) is 23.0. The number of anilines is 3. The van der Waals surface area contributed by atoms with Crippen LogP contribution in [0.2, 0.25) is 0 Å². The molecule has 4 aromatic rings. The van der Waals surface area contributed by atoms with E-state index in [1.165, 1.54) is 5.01 Å². The van der Waals surface area contributed by atoms with E-state index < -0.39 is 37.5 Å². The Balaban J connectivity index is 1.92. The third-order valence-corrected chi connectivity index (χ3v) is 4.91. The number of hydrogen-bond donors (Lipinski definition) is 1. The molecule has 1 N–H and O–H groups in total. The summed E-state index contributed by atoms with van der Waals surface area (Å²) in [6.07, 6.45) is 0. The van der Waals surface area contributed by atoms with Crippen LogP contribution in [0, 0.1) is 30.3 Å². The number of nitro groups is 3. The fourth-order valence-corrected chi connectivity index (χ4v) is 3.39. The minimum Gasteiger partial charge on any atom is -0.282 e. The quantitative estimate of drug-likeness (QED) is 0.280. The van der Waals surface area contributed by atoms with E-state index in [9.17, 15) is 30.3 Å². The number of benzene rings is 4. The van der Waals surface area contributed by atoms with E-state index in [1.807, 2.05) is 36.4 Å². The number of hydrazine groups is 1. The lowest BCUT2D eigenvalue weighted by Gasteiger charge is -2.26. The number of nitrogens with zero attached hydrogens (tertiary/aromatic N) is 4. The molecule has 11 nitrogen and oxygen atoms in total. The second-order valence-electron chi connectivity index (χ2n) is 6.94. The molecule has 0 atom stereocenters. The van der Waals surface area contributed by atoms with Gasteiger partial charge in [0.2, 0.25) is 5.69 Å². The summed E-state index contributed by atoms with van der Waals surface area (Å²) in [4.78, 5) is 31.9. The molecule has 0 unspecified atom stereocenters. The van der Waals surface area contributed by atoms with Crippen molar-refractivity contribution in [3.8, 4) is 0 Å². The average molecular weight is 445 g/mol. The van der Waals surface area contributed by atoms with Crippen molar-refractivity contribution in [2.45, 2.75) is 0 Å². The van der Waals surface area contributed by atoms with E-state index in [0.717, 1.165) is 10.8 Å².